The van der Waals surface area contributed by atoms with Gasteiger partial charge in [0.25, 0.3) is 0 Å². The molecule has 0 unspecified atom stereocenters. The van der Waals surface area contributed by atoms with E-state index in [1.807, 2.05) is 56.3 Å². The van der Waals surface area contributed by atoms with Crippen molar-refractivity contribution in [2.45, 2.75) is 27.4 Å². The van der Waals surface area contributed by atoms with Gasteiger partial charge < -0.3 is 4.74 Å². The zero-order chi connectivity index (χ0) is 15.7. The smallest absolute Gasteiger partial charge is 0.419 e. The van der Waals surface area contributed by atoms with Crippen molar-refractivity contribution in [1.82, 2.24) is 4.57 Å². The molecule has 0 amide bonds. The van der Waals surface area contributed by atoms with Crippen molar-refractivity contribution in [3.8, 4) is 0 Å². The summed E-state index contributed by atoms with van der Waals surface area (Å²) in [7, 11) is 0. The van der Waals surface area contributed by atoms with Gasteiger partial charge in [-0.25, -0.2) is 9.36 Å². The average Bonchev–Trinajstić information content (AvgIpc) is 2.78. The van der Waals surface area contributed by atoms with Gasteiger partial charge in [0, 0.05) is 11.1 Å². The van der Waals surface area contributed by atoms with Gasteiger partial charge in [0.1, 0.15) is 6.61 Å². The third-order valence-electron chi connectivity index (χ3n) is 4.06. The van der Waals surface area contributed by atoms with Crippen LogP contribution in [-0.2, 0) is 11.3 Å². The van der Waals surface area contributed by atoms with Gasteiger partial charge in [-0.05, 0) is 44.0 Å². The Morgan fingerprint density at radius 3 is 2.50 bits per heavy atom. The SMILES string of the molecule is Cc1ccc2c(c1)c(C)c(C)n2C(=O)OCc1ccccc1. The third-order valence-corrected chi connectivity index (χ3v) is 4.06. The minimum absolute atomic E-state index is 0.281. The maximum absolute atomic E-state index is 12.5. The molecule has 3 nitrogen and oxygen atoms in total. The molecule has 0 saturated heterocycles. The van der Waals surface area contributed by atoms with E-state index in [4.69, 9.17) is 4.74 Å². The van der Waals surface area contributed by atoms with Crippen molar-refractivity contribution >= 4 is 17.0 Å². The normalized spacial score (nSPS) is 10.9. The fraction of sp³-hybridized carbons (Fsp3) is 0.211. The van der Waals surface area contributed by atoms with Crippen molar-refractivity contribution in [1.29, 1.82) is 0 Å². The third kappa shape index (κ3) is 2.50. The Kier molecular flexibility index (Phi) is 3.72. The molecule has 2 aromatic carbocycles. The zero-order valence-corrected chi connectivity index (χ0v) is 13.1. The molecular weight excluding hydrogens is 274 g/mol. The first-order valence-corrected chi connectivity index (χ1v) is 7.37. The second kappa shape index (κ2) is 5.68. The van der Waals surface area contributed by atoms with Crippen LogP contribution in [0.2, 0.25) is 0 Å². The van der Waals surface area contributed by atoms with Gasteiger partial charge in [-0.3, -0.25) is 0 Å². The van der Waals surface area contributed by atoms with E-state index < -0.39 is 0 Å². The summed E-state index contributed by atoms with van der Waals surface area (Å²) in [5.41, 5.74) is 5.12. The van der Waals surface area contributed by atoms with Crippen LogP contribution in [0.4, 0.5) is 4.79 Å². The summed E-state index contributed by atoms with van der Waals surface area (Å²) < 4.78 is 7.13. The minimum Gasteiger partial charge on any atom is -0.444 e. The molecule has 3 rings (SSSR count). The number of carbonyl (C=O) groups is 1. The van der Waals surface area contributed by atoms with Gasteiger partial charge in [-0.15, -0.1) is 0 Å². The Morgan fingerprint density at radius 2 is 1.77 bits per heavy atom. The van der Waals surface area contributed by atoms with Crippen LogP contribution in [0.5, 0.6) is 0 Å². The topological polar surface area (TPSA) is 31.2 Å². The Hall–Kier alpha value is -2.55. The first-order valence-electron chi connectivity index (χ1n) is 7.37. The molecule has 0 bridgehead atoms. The molecule has 0 fully saturated rings. The molecule has 3 aromatic rings. The second-order valence-corrected chi connectivity index (χ2v) is 5.61. The summed E-state index contributed by atoms with van der Waals surface area (Å²) in [5.74, 6) is 0. The molecule has 112 valence electrons. The van der Waals surface area contributed by atoms with Crippen LogP contribution in [0.15, 0.2) is 48.5 Å². The number of fused-ring (bicyclic) bond motifs is 1. The van der Waals surface area contributed by atoms with E-state index in [9.17, 15) is 4.79 Å². The lowest BCUT2D eigenvalue weighted by Crippen LogP contribution is -2.15. The largest absolute Gasteiger partial charge is 0.444 e. The van der Waals surface area contributed by atoms with Gasteiger partial charge in [0.2, 0.25) is 0 Å². The summed E-state index contributed by atoms with van der Waals surface area (Å²) in [6.07, 6.45) is -0.330. The Labute approximate surface area is 130 Å². The number of nitrogens with zero attached hydrogens (tertiary/aromatic N) is 1. The van der Waals surface area contributed by atoms with Crippen LogP contribution in [0.3, 0.4) is 0 Å². The molecule has 22 heavy (non-hydrogen) atoms. The zero-order valence-electron chi connectivity index (χ0n) is 13.1. The maximum Gasteiger partial charge on any atom is 0.419 e. The first-order chi connectivity index (χ1) is 10.6. The minimum atomic E-state index is -0.330. The Morgan fingerprint density at radius 1 is 1.05 bits per heavy atom. The summed E-state index contributed by atoms with van der Waals surface area (Å²) in [6.45, 7) is 6.33. The van der Waals surface area contributed by atoms with E-state index in [-0.39, 0.29) is 12.7 Å². The van der Waals surface area contributed by atoms with E-state index >= 15 is 0 Å². The van der Waals surface area contributed by atoms with Crippen LogP contribution in [0.25, 0.3) is 10.9 Å². The Balaban J connectivity index is 1.92. The number of hydrogen-bond donors (Lipinski definition) is 0. The van der Waals surface area contributed by atoms with E-state index in [0.717, 1.165) is 27.7 Å². The number of benzene rings is 2. The molecule has 0 aliphatic heterocycles. The highest BCUT2D eigenvalue weighted by Crippen LogP contribution is 2.26. The Bertz CT molecular complexity index is 832. The molecule has 0 atom stereocenters. The second-order valence-electron chi connectivity index (χ2n) is 5.61. The van der Waals surface area contributed by atoms with Gasteiger partial charge in [0.05, 0.1) is 5.52 Å². The van der Waals surface area contributed by atoms with Crippen molar-refractivity contribution in [3.63, 3.8) is 0 Å². The van der Waals surface area contributed by atoms with Crippen molar-refractivity contribution in [3.05, 3.63) is 70.9 Å². The van der Waals surface area contributed by atoms with Crippen molar-refractivity contribution in [2.75, 3.05) is 0 Å². The standard InChI is InChI=1S/C19H19NO2/c1-13-9-10-18-17(11-13)14(2)15(3)20(18)19(21)22-12-16-7-5-4-6-8-16/h4-11H,12H2,1-3H3. The predicted octanol–water partition coefficient (Wildman–Crippen LogP) is 4.75. The van der Waals surface area contributed by atoms with E-state index in [1.165, 1.54) is 5.56 Å². The number of aromatic nitrogens is 1. The fourth-order valence-electron chi connectivity index (χ4n) is 2.71. The number of carbonyl (C=O) groups excluding carboxylic acids is 1. The highest BCUT2D eigenvalue weighted by molar-refractivity contribution is 5.93. The monoisotopic (exact) mass is 293 g/mol. The highest BCUT2D eigenvalue weighted by atomic mass is 16.5. The van der Waals surface area contributed by atoms with Gasteiger partial charge in [-0.1, -0.05) is 42.0 Å². The van der Waals surface area contributed by atoms with Crippen LogP contribution in [0, 0.1) is 20.8 Å². The number of ether oxygens (including phenoxy) is 1. The average molecular weight is 293 g/mol. The lowest BCUT2D eigenvalue weighted by atomic mass is 10.1. The molecule has 1 heterocycles. The fourth-order valence-corrected chi connectivity index (χ4v) is 2.71. The van der Waals surface area contributed by atoms with Crippen LogP contribution in [0.1, 0.15) is 22.4 Å². The molecule has 1 aromatic heterocycles. The molecule has 0 aliphatic rings. The summed E-state index contributed by atoms with van der Waals surface area (Å²) >= 11 is 0. The van der Waals surface area contributed by atoms with Gasteiger partial charge in [0.15, 0.2) is 0 Å². The quantitative estimate of drug-likeness (QED) is 0.682. The first kappa shape index (κ1) is 14.4. The van der Waals surface area contributed by atoms with Crippen molar-refractivity contribution < 1.29 is 9.53 Å². The molecule has 3 heteroatoms. The van der Waals surface area contributed by atoms with Crippen LogP contribution < -0.4 is 0 Å². The molecule has 0 aliphatic carbocycles. The van der Waals surface area contributed by atoms with Gasteiger partial charge in [-0.2, -0.15) is 0 Å². The number of aryl methyl sites for hydroxylation is 2. The predicted molar refractivity (Wildman–Crippen MR) is 88.2 cm³/mol. The number of rotatable bonds is 2. The summed E-state index contributed by atoms with van der Waals surface area (Å²) in [5, 5.41) is 1.11. The van der Waals surface area contributed by atoms with E-state index in [0.29, 0.717) is 0 Å². The maximum atomic E-state index is 12.5. The van der Waals surface area contributed by atoms with Crippen molar-refractivity contribution in [2.24, 2.45) is 0 Å². The molecule has 0 saturated carbocycles. The molecular formula is C19H19NO2. The van der Waals surface area contributed by atoms with Crippen LogP contribution in [-0.4, -0.2) is 10.7 Å². The van der Waals surface area contributed by atoms with E-state index in [1.54, 1.807) is 4.57 Å². The summed E-state index contributed by atoms with van der Waals surface area (Å²) in [4.78, 5) is 12.5. The molecule has 0 radical (unpaired) electrons. The molecule has 0 spiro atoms. The lowest BCUT2D eigenvalue weighted by Gasteiger charge is -2.09. The van der Waals surface area contributed by atoms with E-state index in [2.05, 4.69) is 13.0 Å². The molecule has 0 N–H and O–H groups in total. The highest BCUT2D eigenvalue weighted by Gasteiger charge is 2.17. The summed E-state index contributed by atoms with van der Waals surface area (Å²) in [6, 6.07) is 15.8. The van der Waals surface area contributed by atoms with Crippen LogP contribution >= 0.6 is 0 Å². The van der Waals surface area contributed by atoms with Gasteiger partial charge >= 0.3 is 6.09 Å². The number of hydrogen-bond acceptors (Lipinski definition) is 2. The lowest BCUT2D eigenvalue weighted by molar-refractivity contribution is 0.142.